The van der Waals surface area contributed by atoms with Crippen LogP contribution in [0.3, 0.4) is 0 Å². The molecule has 9 heteroatoms. The molecule has 1 aromatic carbocycles. The number of nitrogen functional groups attached to an aromatic ring is 1. The highest BCUT2D eigenvalue weighted by atomic mass is 16.5. The van der Waals surface area contributed by atoms with Gasteiger partial charge in [0.05, 0.1) is 42.9 Å². The Morgan fingerprint density at radius 1 is 0.968 bits per heavy atom. The molecule has 2 fully saturated rings. The number of hydrogen-bond acceptors (Lipinski definition) is 9. The van der Waals surface area contributed by atoms with Crippen molar-refractivity contribution in [3.05, 3.63) is 36.9 Å². The average Bonchev–Trinajstić information content (AvgIpc) is 2.82. The first-order chi connectivity index (χ1) is 15.2. The van der Waals surface area contributed by atoms with E-state index in [2.05, 4.69) is 42.3 Å². The molecule has 3 heterocycles. The van der Waals surface area contributed by atoms with Gasteiger partial charge in [-0.3, -0.25) is 4.98 Å². The second-order valence-electron chi connectivity index (χ2n) is 8.04. The van der Waals surface area contributed by atoms with Gasteiger partial charge < -0.3 is 25.4 Å². The minimum Gasteiger partial charge on any atom is -0.488 e. The predicted molar refractivity (Wildman–Crippen MR) is 119 cm³/mol. The SMILES string of the molecule is Nc1cnc(NC2CCC(Oc3cc(N4CCOCC4)cc4nccnc34)CC2)nc1. The van der Waals surface area contributed by atoms with E-state index in [1.807, 2.05) is 0 Å². The Morgan fingerprint density at radius 3 is 2.48 bits per heavy atom. The number of benzene rings is 1. The highest BCUT2D eigenvalue weighted by Gasteiger charge is 2.24. The Kier molecular flexibility index (Phi) is 5.66. The van der Waals surface area contributed by atoms with Crippen LogP contribution in [0, 0.1) is 0 Å². The highest BCUT2D eigenvalue weighted by Crippen LogP contribution is 2.33. The molecule has 1 aliphatic heterocycles. The first-order valence-electron chi connectivity index (χ1n) is 10.8. The number of anilines is 3. The molecule has 9 nitrogen and oxygen atoms in total. The van der Waals surface area contributed by atoms with Gasteiger partial charge in [0.25, 0.3) is 0 Å². The van der Waals surface area contributed by atoms with Crippen LogP contribution in [0.5, 0.6) is 5.75 Å². The number of hydrogen-bond donors (Lipinski definition) is 2. The topological polar surface area (TPSA) is 111 Å². The van der Waals surface area contributed by atoms with Crippen LogP contribution in [-0.2, 0) is 4.74 Å². The zero-order valence-electron chi connectivity index (χ0n) is 17.4. The van der Waals surface area contributed by atoms with Crippen LogP contribution in [0.25, 0.3) is 11.0 Å². The summed E-state index contributed by atoms with van der Waals surface area (Å²) in [7, 11) is 0. The molecule has 162 valence electrons. The molecule has 0 amide bonds. The van der Waals surface area contributed by atoms with Crippen LogP contribution in [0.15, 0.2) is 36.9 Å². The number of fused-ring (bicyclic) bond motifs is 1. The summed E-state index contributed by atoms with van der Waals surface area (Å²) in [6.07, 6.45) is 10.7. The fourth-order valence-electron chi connectivity index (χ4n) is 4.22. The molecule has 1 aliphatic carbocycles. The predicted octanol–water partition coefficient (Wildman–Crippen LogP) is 2.64. The van der Waals surface area contributed by atoms with Crippen molar-refractivity contribution in [1.82, 2.24) is 19.9 Å². The van der Waals surface area contributed by atoms with Crippen molar-refractivity contribution in [3.8, 4) is 5.75 Å². The zero-order valence-corrected chi connectivity index (χ0v) is 17.4. The van der Waals surface area contributed by atoms with E-state index < -0.39 is 0 Å². The van der Waals surface area contributed by atoms with E-state index in [4.69, 9.17) is 15.2 Å². The number of rotatable bonds is 5. The summed E-state index contributed by atoms with van der Waals surface area (Å²) in [5.41, 5.74) is 9.01. The van der Waals surface area contributed by atoms with Crippen molar-refractivity contribution in [2.45, 2.75) is 37.8 Å². The lowest BCUT2D eigenvalue weighted by Gasteiger charge is -2.31. The second-order valence-corrected chi connectivity index (χ2v) is 8.04. The Hall–Kier alpha value is -3.20. The minimum atomic E-state index is 0.149. The van der Waals surface area contributed by atoms with Crippen molar-refractivity contribution >= 4 is 28.4 Å². The number of nitrogens with two attached hydrogens (primary N) is 1. The zero-order chi connectivity index (χ0) is 21.0. The first kappa shape index (κ1) is 19.7. The van der Waals surface area contributed by atoms with E-state index in [0.717, 1.165) is 74.5 Å². The summed E-state index contributed by atoms with van der Waals surface area (Å²) in [6.45, 7) is 3.22. The molecule has 3 aromatic rings. The number of nitrogens with one attached hydrogen (secondary N) is 1. The quantitative estimate of drug-likeness (QED) is 0.642. The lowest BCUT2D eigenvalue weighted by molar-refractivity contribution is 0.122. The molecule has 0 spiro atoms. The van der Waals surface area contributed by atoms with E-state index in [-0.39, 0.29) is 6.10 Å². The maximum absolute atomic E-state index is 6.48. The Morgan fingerprint density at radius 2 is 1.71 bits per heavy atom. The van der Waals surface area contributed by atoms with E-state index in [0.29, 0.717) is 17.7 Å². The van der Waals surface area contributed by atoms with Crippen LogP contribution in [0.1, 0.15) is 25.7 Å². The van der Waals surface area contributed by atoms with Crippen molar-refractivity contribution in [2.24, 2.45) is 0 Å². The fourth-order valence-corrected chi connectivity index (χ4v) is 4.22. The van der Waals surface area contributed by atoms with Crippen molar-refractivity contribution in [3.63, 3.8) is 0 Å². The van der Waals surface area contributed by atoms with Crippen LogP contribution >= 0.6 is 0 Å². The first-order valence-corrected chi connectivity index (χ1v) is 10.8. The summed E-state index contributed by atoms with van der Waals surface area (Å²) in [6, 6.07) is 4.53. The summed E-state index contributed by atoms with van der Waals surface area (Å²) < 4.78 is 12.0. The van der Waals surface area contributed by atoms with Gasteiger partial charge in [-0.1, -0.05) is 0 Å². The van der Waals surface area contributed by atoms with Gasteiger partial charge in [-0.05, 0) is 31.7 Å². The van der Waals surface area contributed by atoms with Crippen molar-refractivity contribution in [2.75, 3.05) is 42.3 Å². The largest absolute Gasteiger partial charge is 0.488 e. The second kappa shape index (κ2) is 8.89. The highest BCUT2D eigenvalue weighted by molar-refractivity contribution is 5.85. The van der Waals surface area contributed by atoms with Crippen molar-refractivity contribution < 1.29 is 9.47 Å². The summed E-state index contributed by atoms with van der Waals surface area (Å²) in [5, 5.41) is 3.40. The van der Waals surface area contributed by atoms with E-state index >= 15 is 0 Å². The molecule has 0 radical (unpaired) electrons. The third-order valence-corrected chi connectivity index (χ3v) is 5.87. The molecule has 5 rings (SSSR count). The summed E-state index contributed by atoms with van der Waals surface area (Å²) >= 11 is 0. The number of aromatic nitrogens is 4. The lowest BCUT2D eigenvalue weighted by atomic mass is 9.93. The number of ether oxygens (including phenoxy) is 2. The third kappa shape index (κ3) is 4.61. The maximum Gasteiger partial charge on any atom is 0.222 e. The van der Waals surface area contributed by atoms with Crippen LogP contribution in [0.2, 0.25) is 0 Å². The smallest absolute Gasteiger partial charge is 0.222 e. The molecule has 0 bridgehead atoms. The molecule has 2 aliphatic rings. The molecule has 0 atom stereocenters. The molecule has 2 aromatic heterocycles. The molecule has 0 unspecified atom stereocenters. The Balaban J connectivity index is 1.27. The summed E-state index contributed by atoms with van der Waals surface area (Å²) in [5.74, 6) is 1.43. The third-order valence-electron chi connectivity index (χ3n) is 5.87. The van der Waals surface area contributed by atoms with Gasteiger partial charge in [0, 0.05) is 43.3 Å². The normalized spacial score (nSPS) is 21.7. The Labute approximate surface area is 181 Å². The van der Waals surface area contributed by atoms with Gasteiger partial charge in [0.15, 0.2) is 0 Å². The molecular weight excluding hydrogens is 394 g/mol. The van der Waals surface area contributed by atoms with Crippen LogP contribution < -0.4 is 20.7 Å². The van der Waals surface area contributed by atoms with Gasteiger partial charge in [-0.15, -0.1) is 0 Å². The molecule has 31 heavy (non-hydrogen) atoms. The molecule has 3 N–H and O–H groups in total. The summed E-state index contributed by atoms with van der Waals surface area (Å²) in [4.78, 5) is 19.9. The van der Waals surface area contributed by atoms with Gasteiger partial charge in [0.2, 0.25) is 5.95 Å². The van der Waals surface area contributed by atoms with E-state index in [1.165, 1.54) is 0 Å². The molecule has 1 saturated carbocycles. The van der Waals surface area contributed by atoms with E-state index in [9.17, 15) is 0 Å². The standard InChI is InChI=1S/C22H27N7O2/c23-15-13-26-22(27-14-15)28-16-1-3-18(4-2-16)31-20-12-17(29-7-9-30-10-8-29)11-19-21(20)25-6-5-24-19/h5-6,11-14,16,18H,1-4,7-10,23H2,(H,26,27,28). The molecule has 1 saturated heterocycles. The van der Waals surface area contributed by atoms with Crippen molar-refractivity contribution in [1.29, 1.82) is 0 Å². The minimum absolute atomic E-state index is 0.149. The number of nitrogens with zero attached hydrogens (tertiary/aromatic N) is 5. The fraction of sp³-hybridized carbons (Fsp3) is 0.455. The van der Waals surface area contributed by atoms with Gasteiger partial charge >= 0.3 is 0 Å². The molecular formula is C22H27N7O2. The van der Waals surface area contributed by atoms with Crippen LogP contribution in [-0.4, -0.2) is 58.4 Å². The van der Waals surface area contributed by atoms with Gasteiger partial charge in [-0.25, -0.2) is 15.0 Å². The Bertz CT molecular complexity index is 1020. The average molecular weight is 422 g/mol. The van der Waals surface area contributed by atoms with Crippen LogP contribution in [0.4, 0.5) is 17.3 Å². The lowest BCUT2D eigenvalue weighted by Crippen LogP contribution is -2.36. The monoisotopic (exact) mass is 421 g/mol. The van der Waals surface area contributed by atoms with Gasteiger partial charge in [0.1, 0.15) is 11.3 Å². The maximum atomic E-state index is 6.48. The van der Waals surface area contributed by atoms with E-state index in [1.54, 1.807) is 24.8 Å². The van der Waals surface area contributed by atoms with Gasteiger partial charge in [-0.2, -0.15) is 0 Å². The number of morpholine rings is 1.